The Morgan fingerprint density at radius 2 is 2.21 bits per heavy atom. The van der Waals surface area contributed by atoms with E-state index in [9.17, 15) is 4.79 Å². The number of anilines is 1. The van der Waals surface area contributed by atoms with E-state index in [0.717, 1.165) is 5.56 Å². The van der Waals surface area contributed by atoms with Crippen molar-refractivity contribution in [3.05, 3.63) is 23.9 Å². The SMILES string of the molecule is CN[C@@H](C)C(=O)Nc1ccc(C)cn1. The maximum Gasteiger partial charge on any atom is 0.242 e. The van der Waals surface area contributed by atoms with Gasteiger partial charge in [0.15, 0.2) is 0 Å². The molecule has 1 heterocycles. The first-order chi connectivity index (χ1) is 6.63. The highest BCUT2D eigenvalue weighted by molar-refractivity contribution is 5.93. The van der Waals surface area contributed by atoms with Crippen molar-refractivity contribution in [3.63, 3.8) is 0 Å². The molecule has 0 unspecified atom stereocenters. The molecule has 0 spiro atoms. The lowest BCUT2D eigenvalue weighted by Crippen LogP contribution is -2.35. The molecule has 1 amide bonds. The molecule has 0 aliphatic heterocycles. The van der Waals surface area contributed by atoms with Crippen LogP contribution < -0.4 is 10.6 Å². The summed E-state index contributed by atoms with van der Waals surface area (Å²) in [4.78, 5) is 15.5. The van der Waals surface area contributed by atoms with Crippen molar-refractivity contribution in [2.24, 2.45) is 0 Å². The third-order valence-corrected chi connectivity index (χ3v) is 1.99. The first kappa shape index (κ1) is 10.7. The number of nitrogens with one attached hydrogen (secondary N) is 2. The molecule has 0 saturated carbocycles. The van der Waals surface area contributed by atoms with Crippen molar-refractivity contribution in [2.45, 2.75) is 19.9 Å². The monoisotopic (exact) mass is 193 g/mol. The largest absolute Gasteiger partial charge is 0.309 e. The van der Waals surface area contributed by atoms with E-state index in [1.165, 1.54) is 0 Å². The van der Waals surface area contributed by atoms with Gasteiger partial charge in [-0.3, -0.25) is 4.79 Å². The topological polar surface area (TPSA) is 54.0 Å². The van der Waals surface area contributed by atoms with Gasteiger partial charge in [0.05, 0.1) is 6.04 Å². The van der Waals surface area contributed by atoms with Crippen molar-refractivity contribution < 1.29 is 4.79 Å². The predicted molar refractivity (Wildman–Crippen MR) is 56.1 cm³/mol. The fourth-order valence-corrected chi connectivity index (χ4v) is 0.907. The Morgan fingerprint density at radius 3 is 2.71 bits per heavy atom. The van der Waals surface area contributed by atoms with Crippen LogP contribution in [0.2, 0.25) is 0 Å². The van der Waals surface area contributed by atoms with E-state index in [1.54, 1.807) is 26.2 Å². The van der Waals surface area contributed by atoms with Gasteiger partial charge in [-0.15, -0.1) is 0 Å². The molecule has 4 heteroatoms. The Balaban J connectivity index is 2.60. The minimum Gasteiger partial charge on any atom is -0.309 e. The van der Waals surface area contributed by atoms with Gasteiger partial charge in [-0.25, -0.2) is 4.98 Å². The van der Waals surface area contributed by atoms with Gasteiger partial charge in [0, 0.05) is 6.20 Å². The number of hydrogen-bond acceptors (Lipinski definition) is 3. The summed E-state index contributed by atoms with van der Waals surface area (Å²) in [5.41, 5.74) is 1.07. The summed E-state index contributed by atoms with van der Waals surface area (Å²) >= 11 is 0. The molecule has 0 saturated heterocycles. The highest BCUT2D eigenvalue weighted by Crippen LogP contribution is 2.03. The first-order valence-electron chi connectivity index (χ1n) is 4.54. The fourth-order valence-electron chi connectivity index (χ4n) is 0.907. The van der Waals surface area contributed by atoms with E-state index in [0.29, 0.717) is 5.82 Å². The summed E-state index contributed by atoms with van der Waals surface area (Å²) in [7, 11) is 1.74. The van der Waals surface area contributed by atoms with Crippen LogP contribution in [-0.4, -0.2) is 24.0 Å². The van der Waals surface area contributed by atoms with Crippen molar-refractivity contribution in [1.29, 1.82) is 0 Å². The van der Waals surface area contributed by atoms with E-state index in [-0.39, 0.29) is 11.9 Å². The van der Waals surface area contributed by atoms with Gasteiger partial charge < -0.3 is 10.6 Å². The average Bonchev–Trinajstić information content (AvgIpc) is 2.20. The second-order valence-electron chi connectivity index (χ2n) is 3.22. The lowest BCUT2D eigenvalue weighted by atomic mass is 10.3. The van der Waals surface area contributed by atoms with Crippen LogP contribution in [0.3, 0.4) is 0 Å². The summed E-state index contributed by atoms with van der Waals surface area (Å²) < 4.78 is 0. The van der Waals surface area contributed by atoms with Gasteiger partial charge in [-0.1, -0.05) is 6.07 Å². The number of likely N-dealkylation sites (N-methyl/N-ethyl adjacent to an activating group) is 1. The van der Waals surface area contributed by atoms with E-state index in [4.69, 9.17) is 0 Å². The first-order valence-corrected chi connectivity index (χ1v) is 4.54. The van der Waals surface area contributed by atoms with Crippen LogP contribution in [0.15, 0.2) is 18.3 Å². The molecule has 1 aromatic rings. The highest BCUT2D eigenvalue weighted by Gasteiger charge is 2.09. The maximum atomic E-state index is 11.4. The number of carbonyl (C=O) groups excluding carboxylic acids is 1. The summed E-state index contributed by atoms with van der Waals surface area (Å²) in [6.07, 6.45) is 1.72. The van der Waals surface area contributed by atoms with Gasteiger partial charge in [0.2, 0.25) is 5.91 Å². The van der Waals surface area contributed by atoms with Crippen LogP contribution in [0.4, 0.5) is 5.82 Å². The van der Waals surface area contributed by atoms with Gasteiger partial charge in [0.1, 0.15) is 5.82 Å². The summed E-state index contributed by atoms with van der Waals surface area (Å²) in [5, 5.41) is 5.56. The molecule has 14 heavy (non-hydrogen) atoms. The summed E-state index contributed by atoms with van der Waals surface area (Å²) in [5.74, 6) is 0.506. The van der Waals surface area contributed by atoms with Crippen LogP contribution in [0.25, 0.3) is 0 Å². The Hall–Kier alpha value is -1.42. The van der Waals surface area contributed by atoms with Crippen molar-refractivity contribution in [2.75, 3.05) is 12.4 Å². The van der Waals surface area contributed by atoms with Crippen LogP contribution in [-0.2, 0) is 4.79 Å². The molecule has 0 radical (unpaired) electrons. The molecular formula is C10H15N3O. The van der Waals surface area contributed by atoms with Gasteiger partial charge in [0.25, 0.3) is 0 Å². The fraction of sp³-hybridized carbons (Fsp3) is 0.400. The van der Waals surface area contributed by atoms with Crippen LogP contribution in [0.1, 0.15) is 12.5 Å². The maximum absolute atomic E-state index is 11.4. The zero-order valence-electron chi connectivity index (χ0n) is 8.66. The molecular weight excluding hydrogens is 178 g/mol. The molecule has 0 aromatic carbocycles. The zero-order chi connectivity index (χ0) is 10.6. The lowest BCUT2D eigenvalue weighted by Gasteiger charge is -2.10. The smallest absolute Gasteiger partial charge is 0.242 e. The number of hydrogen-bond donors (Lipinski definition) is 2. The number of amides is 1. The highest BCUT2D eigenvalue weighted by atomic mass is 16.2. The molecule has 1 rings (SSSR count). The van der Waals surface area contributed by atoms with E-state index >= 15 is 0 Å². The number of carbonyl (C=O) groups is 1. The van der Waals surface area contributed by atoms with Gasteiger partial charge >= 0.3 is 0 Å². The molecule has 0 aliphatic carbocycles. The number of aryl methyl sites for hydroxylation is 1. The molecule has 1 atom stereocenters. The number of rotatable bonds is 3. The molecule has 1 aromatic heterocycles. The van der Waals surface area contributed by atoms with Gasteiger partial charge in [-0.05, 0) is 32.5 Å². The van der Waals surface area contributed by atoms with Crippen molar-refractivity contribution in [3.8, 4) is 0 Å². The van der Waals surface area contributed by atoms with Crippen molar-refractivity contribution >= 4 is 11.7 Å². The molecule has 76 valence electrons. The van der Waals surface area contributed by atoms with Crippen LogP contribution in [0, 0.1) is 6.92 Å². The molecule has 2 N–H and O–H groups in total. The van der Waals surface area contributed by atoms with Gasteiger partial charge in [-0.2, -0.15) is 0 Å². The molecule has 4 nitrogen and oxygen atoms in total. The van der Waals surface area contributed by atoms with E-state index in [2.05, 4.69) is 15.6 Å². The molecule has 0 fully saturated rings. The normalized spacial score (nSPS) is 12.2. The average molecular weight is 193 g/mol. The Kier molecular flexibility index (Phi) is 3.59. The number of aromatic nitrogens is 1. The minimum atomic E-state index is -0.210. The molecule has 0 bridgehead atoms. The summed E-state index contributed by atoms with van der Waals surface area (Å²) in [6, 6.07) is 3.49. The minimum absolute atomic E-state index is 0.0798. The number of pyridine rings is 1. The predicted octanol–water partition coefficient (Wildman–Crippen LogP) is 0.936. The second kappa shape index (κ2) is 4.72. The third kappa shape index (κ3) is 2.81. The van der Waals surface area contributed by atoms with Crippen LogP contribution >= 0.6 is 0 Å². The standard InChI is InChI=1S/C10H15N3O/c1-7-4-5-9(12-6-7)13-10(14)8(2)11-3/h4-6,8,11H,1-3H3,(H,12,13,14)/t8-/m0/s1. The second-order valence-corrected chi connectivity index (χ2v) is 3.22. The Morgan fingerprint density at radius 1 is 1.50 bits per heavy atom. The van der Waals surface area contributed by atoms with E-state index < -0.39 is 0 Å². The Labute approximate surface area is 83.7 Å². The number of nitrogens with zero attached hydrogens (tertiary/aromatic N) is 1. The molecule has 0 aliphatic rings. The summed E-state index contributed by atoms with van der Waals surface area (Å²) in [6.45, 7) is 3.75. The third-order valence-electron chi connectivity index (χ3n) is 1.99. The van der Waals surface area contributed by atoms with Crippen LogP contribution in [0.5, 0.6) is 0 Å². The quantitative estimate of drug-likeness (QED) is 0.751. The zero-order valence-corrected chi connectivity index (χ0v) is 8.66. The van der Waals surface area contributed by atoms with Crippen molar-refractivity contribution in [1.82, 2.24) is 10.3 Å². The Bertz CT molecular complexity index is 308. The van der Waals surface area contributed by atoms with E-state index in [1.807, 2.05) is 13.0 Å². The lowest BCUT2D eigenvalue weighted by molar-refractivity contribution is -0.117.